The summed E-state index contributed by atoms with van der Waals surface area (Å²) in [6.45, 7) is 1.34. The number of fused-ring (bicyclic) bond motifs is 1. The smallest absolute Gasteiger partial charge is 0.341 e. The van der Waals surface area contributed by atoms with Gasteiger partial charge in [-0.1, -0.05) is 0 Å². The van der Waals surface area contributed by atoms with Crippen LogP contribution in [0.4, 0.5) is 20.3 Å². The van der Waals surface area contributed by atoms with Crippen LogP contribution >= 0.6 is 0 Å². The number of carboxylic acid groups (broad SMARTS) is 1. The zero-order chi connectivity index (χ0) is 26.4. The lowest BCUT2D eigenvalue weighted by Crippen LogP contribution is -2.24. The average molecular weight is 508 g/mol. The summed E-state index contributed by atoms with van der Waals surface area (Å²) in [6, 6.07) is 13.8. The zero-order valence-electron chi connectivity index (χ0n) is 19.4. The normalized spacial score (nSPS) is 12.1. The highest BCUT2D eigenvalue weighted by atomic mass is 19.1. The fraction of sp³-hybridized carbons (Fsp3) is 0.115. The largest absolute Gasteiger partial charge is 0.486 e. The van der Waals surface area contributed by atoms with E-state index in [9.17, 15) is 18.4 Å². The number of anilines is 2. The van der Waals surface area contributed by atoms with Crippen molar-refractivity contribution >= 4 is 17.5 Å². The van der Waals surface area contributed by atoms with E-state index in [4.69, 9.17) is 20.3 Å². The number of carbonyl (C=O) groups is 1. The lowest BCUT2D eigenvalue weighted by atomic mass is 10.2. The van der Waals surface area contributed by atoms with E-state index in [0.29, 0.717) is 35.3 Å². The molecule has 2 aromatic carbocycles. The molecule has 9 nitrogen and oxygen atoms in total. The second kappa shape index (κ2) is 11.2. The third-order valence-corrected chi connectivity index (χ3v) is 5.19. The van der Waals surface area contributed by atoms with Crippen molar-refractivity contribution < 1.29 is 28.2 Å². The van der Waals surface area contributed by atoms with E-state index < -0.39 is 23.2 Å². The second-order valence-electron chi connectivity index (χ2n) is 7.79. The molecule has 0 amide bonds. The number of benzene rings is 2. The Morgan fingerprint density at radius 1 is 1.11 bits per heavy atom. The first kappa shape index (κ1) is 25.2. The van der Waals surface area contributed by atoms with Crippen molar-refractivity contribution in [2.24, 2.45) is 0 Å². The molecule has 0 saturated carbocycles. The second-order valence-corrected chi connectivity index (χ2v) is 7.79. The van der Waals surface area contributed by atoms with Crippen molar-refractivity contribution in [2.45, 2.75) is 6.42 Å². The number of nitrogen functional groups attached to an aromatic ring is 1. The molecule has 0 aliphatic carbocycles. The monoisotopic (exact) mass is 508 g/mol. The van der Waals surface area contributed by atoms with Gasteiger partial charge in [0.1, 0.15) is 11.4 Å². The average Bonchev–Trinajstić information content (AvgIpc) is 3.13. The summed E-state index contributed by atoms with van der Waals surface area (Å²) in [6.07, 6.45) is 3.89. The van der Waals surface area contributed by atoms with E-state index in [-0.39, 0.29) is 11.3 Å². The minimum atomic E-state index is -1.29. The number of carboxylic acids is 1. The van der Waals surface area contributed by atoms with E-state index in [1.807, 2.05) is 0 Å². The molecular weight excluding hydrogens is 486 g/mol. The van der Waals surface area contributed by atoms with Gasteiger partial charge in [0.05, 0.1) is 6.61 Å². The number of rotatable bonds is 4. The number of aromatic carboxylic acids is 1. The maximum Gasteiger partial charge on any atom is 0.341 e. The van der Waals surface area contributed by atoms with Crippen molar-refractivity contribution in [2.75, 3.05) is 24.2 Å². The van der Waals surface area contributed by atoms with Crippen LogP contribution in [0.1, 0.15) is 16.8 Å². The van der Waals surface area contributed by atoms with Crippen molar-refractivity contribution in [1.82, 2.24) is 9.55 Å². The third-order valence-electron chi connectivity index (χ3n) is 5.19. The van der Waals surface area contributed by atoms with Crippen LogP contribution in [0, 0.1) is 11.6 Å². The molecule has 0 fully saturated rings. The molecule has 0 spiro atoms. The van der Waals surface area contributed by atoms with Crippen LogP contribution in [-0.4, -0.2) is 33.8 Å². The number of aromatic nitrogens is 2. The van der Waals surface area contributed by atoms with Gasteiger partial charge in [-0.05, 0) is 55.0 Å². The molecule has 1 aliphatic heterocycles. The number of halogens is 2. The maximum absolute atomic E-state index is 13.8. The minimum Gasteiger partial charge on any atom is -0.486 e. The van der Waals surface area contributed by atoms with Gasteiger partial charge in [-0.3, -0.25) is 9.36 Å². The van der Waals surface area contributed by atoms with Crippen LogP contribution in [0.25, 0.3) is 5.69 Å². The summed E-state index contributed by atoms with van der Waals surface area (Å²) >= 11 is 0. The molecule has 0 bridgehead atoms. The Balaban J connectivity index is 0.000000176. The summed E-state index contributed by atoms with van der Waals surface area (Å²) in [5.74, 6) is -0.592. The highest BCUT2D eigenvalue weighted by molar-refractivity contribution is 5.87. The fourth-order valence-electron chi connectivity index (χ4n) is 3.41. The van der Waals surface area contributed by atoms with Crippen molar-refractivity contribution in [1.29, 1.82) is 0 Å². The molecule has 0 saturated heterocycles. The number of nitrogens with zero attached hydrogens (tertiary/aromatic N) is 2. The standard InChI is InChI=1S/C14H14FN3O2.C12H8FNO3/c15-10-8-9(16)2-3-11(10)20-12-4-6-18-14-13(12)19-7-1-5-17-14;13-8-3-5-9(6-4-8)14-7-1-2-10(11(14)15)12(16)17/h2-4,6,8H,1,5,7,16H2,(H,17,18);1-7H,(H,16,17). The number of nitrogens with two attached hydrogens (primary N) is 1. The highest BCUT2D eigenvalue weighted by Gasteiger charge is 2.17. The van der Waals surface area contributed by atoms with E-state index >= 15 is 0 Å². The molecule has 0 unspecified atom stereocenters. The summed E-state index contributed by atoms with van der Waals surface area (Å²) in [5.41, 5.74) is 5.31. The Labute approximate surface area is 209 Å². The predicted octanol–water partition coefficient (Wildman–Crippen LogP) is 4.46. The van der Waals surface area contributed by atoms with Crippen LogP contribution in [-0.2, 0) is 0 Å². The fourth-order valence-corrected chi connectivity index (χ4v) is 3.41. The molecule has 0 atom stereocenters. The summed E-state index contributed by atoms with van der Waals surface area (Å²) < 4.78 is 38.9. The Hall–Kier alpha value is -4.93. The molecule has 37 heavy (non-hydrogen) atoms. The first-order chi connectivity index (χ1) is 17.8. The van der Waals surface area contributed by atoms with Gasteiger partial charge in [0.25, 0.3) is 5.56 Å². The van der Waals surface area contributed by atoms with Gasteiger partial charge >= 0.3 is 5.97 Å². The highest BCUT2D eigenvalue weighted by Crippen LogP contribution is 2.38. The SMILES string of the molecule is Nc1ccc(Oc2ccnc3c2OCCCN3)c(F)c1.O=C(O)c1cccn(-c2ccc(F)cc2)c1=O. The molecule has 5 rings (SSSR count). The van der Waals surface area contributed by atoms with Crippen molar-refractivity contribution in [3.05, 3.63) is 101 Å². The molecule has 4 aromatic rings. The van der Waals surface area contributed by atoms with Gasteiger partial charge in [0.2, 0.25) is 5.75 Å². The summed E-state index contributed by atoms with van der Waals surface area (Å²) in [5, 5.41) is 12.0. The lowest BCUT2D eigenvalue weighted by molar-refractivity contribution is 0.0694. The Morgan fingerprint density at radius 3 is 2.62 bits per heavy atom. The third kappa shape index (κ3) is 6.01. The Kier molecular flexibility index (Phi) is 7.62. The van der Waals surface area contributed by atoms with Crippen LogP contribution < -0.4 is 26.1 Å². The van der Waals surface area contributed by atoms with Crippen LogP contribution in [0.3, 0.4) is 0 Å². The number of pyridine rings is 2. The molecule has 11 heteroatoms. The van der Waals surface area contributed by atoms with E-state index in [2.05, 4.69) is 10.3 Å². The number of hydrogen-bond donors (Lipinski definition) is 3. The molecular formula is C26H22F2N4O5. The summed E-state index contributed by atoms with van der Waals surface area (Å²) in [4.78, 5) is 26.8. The van der Waals surface area contributed by atoms with Gasteiger partial charge in [0, 0.05) is 42.4 Å². The molecule has 1 aliphatic rings. The van der Waals surface area contributed by atoms with E-state index in [0.717, 1.165) is 17.5 Å². The quantitative estimate of drug-likeness (QED) is 0.345. The first-order valence-electron chi connectivity index (χ1n) is 11.1. The predicted molar refractivity (Wildman–Crippen MR) is 133 cm³/mol. The van der Waals surface area contributed by atoms with Crippen molar-refractivity contribution in [3.8, 4) is 22.9 Å². The van der Waals surface area contributed by atoms with Crippen LogP contribution in [0.2, 0.25) is 0 Å². The molecule has 0 radical (unpaired) electrons. The Bertz CT molecular complexity index is 1480. The van der Waals surface area contributed by atoms with Gasteiger partial charge in [-0.2, -0.15) is 0 Å². The van der Waals surface area contributed by atoms with E-state index in [1.165, 1.54) is 54.7 Å². The zero-order valence-corrected chi connectivity index (χ0v) is 19.4. The summed E-state index contributed by atoms with van der Waals surface area (Å²) in [7, 11) is 0. The van der Waals surface area contributed by atoms with Crippen LogP contribution in [0.5, 0.6) is 17.2 Å². The maximum atomic E-state index is 13.8. The number of nitrogens with one attached hydrogen (secondary N) is 1. The minimum absolute atomic E-state index is 0.0976. The molecule has 190 valence electrons. The molecule has 2 aromatic heterocycles. The van der Waals surface area contributed by atoms with Crippen LogP contribution in [0.15, 0.2) is 77.9 Å². The van der Waals surface area contributed by atoms with E-state index in [1.54, 1.807) is 18.3 Å². The van der Waals surface area contributed by atoms with Gasteiger partial charge < -0.3 is 25.6 Å². The lowest BCUT2D eigenvalue weighted by Gasteiger charge is -2.13. The Morgan fingerprint density at radius 2 is 1.89 bits per heavy atom. The van der Waals surface area contributed by atoms with Gasteiger partial charge in [0.15, 0.2) is 23.1 Å². The molecule has 4 N–H and O–H groups in total. The van der Waals surface area contributed by atoms with Gasteiger partial charge in [-0.25, -0.2) is 18.6 Å². The molecule has 3 heterocycles. The number of hydrogen-bond acceptors (Lipinski definition) is 7. The van der Waals surface area contributed by atoms with Gasteiger partial charge in [-0.15, -0.1) is 0 Å². The number of ether oxygens (including phenoxy) is 2. The first-order valence-corrected chi connectivity index (χ1v) is 11.1. The topological polar surface area (TPSA) is 129 Å². The van der Waals surface area contributed by atoms with Crippen molar-refractivity contribution in [3.63, 3.8) is 0 Å².